The predicted octanol–water partition coefficient (Wildman–Crippen LogP) is 0.130. The van der Waals surface area contributed by atoms with Gasteiger partial charge in [-0.25, -0.2) is 0 Å². The summed E-state index contributed by atoms with van der Waals surface area (Å²) in [6, 6.07) is -0.458. The summed E-state index contributed by atoms with van der Waals surface area (Å²) in [5.74, 6) is -0.908. The number of rotatable bonds is 3. The SMILES string of the molecule is C=C=CC(N)CC(=O)O. The van der Waals surface area contributed by atoms with Crippen molar-refractivity contribution in [2.45, 2.75) is 12.5 Å². The summed E-state index contributed by atoms with van der Waals surface area (Å²) >= 11 is 0. The van der Waals surface area contributed by atoms with Crippen molar-refractivity contribution in [1.82, 2.24) is 0 Å². The number of carbonyl (C=O) groups is 1. The molecule has 0 bridgehead atoms. The van der Waals surface area contributed by atoms with Gasteiger partial charge in [0, 0.05) is 6.04 Å². The molecule has 0 rings (SSSR count). The number of nitrogens with two attached hydrogens (primary N) is 1. The van der Waals surface area contributed by atoms with Crippen molar-refractivity contribution in [3.8, 4) is 0 Å². The third-order valence-corrected chi connectivity index (χ3v) is 0.742. The van der Waals surface area contributed by atoms with Crippen molar-refractivity contribution in [1.29, 1.82) is 0 Å². The Kier molecular flexibility index (Phi) is 3.44. The molecule has 9 heavy (non-hydrogen) atoms. The van der Waals surface area contributed by atoms with Gasteiger partial charge in [0.25, 0.3) is 0 Å². The van der Waals surface area contributed by atoms with Crippen LogP contribution in [0.4, 0.5) is 0 Å². The maximum absolute atomic E-state index is 9.94. The van der Waals surface area contributed by atoms with Crippen molar-refractivity contribution < 1.29 is 9.90 Å². The summed E-state index contributed by atoms with van der Waals surface area (Å²) in [4.78, 5) is 9.94. The summed E-state index contributed by atoms with van der Waals surface area (Å²) < 4.78 is 0. The van der Waals surface area contributed by atoms with Crippen LogP contribution >= 0.6 is 0 Å². The zero-order valence-electron chi connectivity index (χ0n) is 5.00. The molecule has 0 aromatic carbocycles. The van der Waals surface area contributed by atoms with E-state index in [0.29, 0.717) is 0 Å². The molecule has 0 aliphatic carbocycles. The second-order valence-electron chi connectivity index (χ2n) is 1.63. The van der Waals surface area contributed by atoms with E-state index >= 15 is 0 Å². The minimum atomic E-state index is -0.908. The Morgan fingerprint density at radius 2 is 2.56 bits per heavy atom. The van der Waals surface area contributed by atoms with Crippen LogP contribution in [-0.2, 0) is 4.79 Å². The topological polar surface area (TPSA) is 63.3 Å². The number of carboxylic acids is 1. The first-order valence-corrected chi connectivity index (χ1v) is 2.50. The maximum atomic E-state index is 9.94. The largest absolute Gasteiger partial charge is 0.481 e. The van der Waals surface area contributed by atoms with Gasteiger partial charge in [0.1, 0.15) is 0 Å². The molecular weight excluding hydrogens is 118 g/mol. The lowest BCUT2D eigenvalue weighted by Crippen LogP contribution is -2.20. The van der Waals surface area contributed by atoms with Gasteiger partial charge in [-0.15, -0.1) is 5.73 Å². The molecule has 0 amide bonds. The fraction of sp³-hybridized carbons (Fsp3) is 0.333. The second-order valence-corrected chi connectivity index (χ2v) is 1.63. The fourth-order valence-electron chi connectivity index (χ4n) is 0.412. The third-order valence-electron chi connectivity index (χ3n) is 0.742. The van der Waals surface area contributed by atoms with Crippen LogP contribution in [0.25, 0.3) is 0 Å². The van der Waals surface area contributed by atoms with E-state index in [1.807, 2.05) is 0 Å². The lowest BCUT2D eigenvalue weighted by atomic mass is 10.2. The van der Waals surface area contributed by atoms with Gasteiger partial charge in [-0.05, 0) is 6.08 Å². The van der Waals surface area contributed by atoms with E-state index in [4.69, 9.17) is 10.8 Å². The van der Waals surface area contributed by atoms with Crippen LogP contribution in [0.3, 0.4) is 0 Å². The van der Waals surface area contributed by atoms with Crippen LogP contribution < -0.4 is 5.73 Å². The van der Waals surface area contributed by atoms with Crippen LogP contribution in [0.15, 0.2) is 18.4 Å². The molecule has 1 atom stereocenters. The molecule has 3 nitrogen and oxygen atoms in total. The Morgan fingerprint density at radius 3 is 2.89 bits per heavy atom. The number of carboxylic acid groups (broad SMARTS) is 1. The van der Waals surface area contributed by atoms with Crippen LogP contribution in [0.5, 0.6) is 0 Å². The van der Waals surface area contributed by atoms with Gasteiger partial charge in [-0.1, -0.05) is 6.58 Å². The smallest absolute Gasteiger partial charge is 0.305 e. The van der Waals surface area contributed by atoms with Gasteiger partial charge in [-0.2, -0.15) is 0 Å². The van der Waals surface area contributed by atoms with Crippen LogP contribution in [-0.4, -0.2) is 17.1 Å². The summed E-state index contributed by atoms with van der Waals surface area (Å²) in [7, 11) is 0. The molecule has 0 aliphatic heterocycles. The lowest BCUT2D eigenvalue weighted by Gasteiger charge is -1.97. The molecule has 50 valence electrons. The highest BCUT2D eigenvalue weighted by Crippen LogP contribution is 1.87. The molecule has 0 heterocycles. The van der Waals surface area contributed by atoms with Gasteiger partial charge in [0.05, 0.1) is 6.42 Å². The average molecular weight is 127 g/mol. The molecule has 0 fully saturated rings. The van der Waals surface area contributed by atoms with E-state index < -0.39 is 12.0 Å². The summed E-state index contributed by atoms with van der Waals surface area (Å²) in [6.07, 6.45) is 1.36. The molecule has 0 radical (unpaired) electrons. The Labute approximate surface area is 53.5 Å². The molecule has 0 saturated carbocycles. The number of aliphatic carboxylic acids is 1. The minimum Gasteiger partial charge on any atom is -0.481 e. The van der Waals surface area contributed by atoms with E-state index in [1.54, 1.807) is 0 Å². The highest BCUT2D eigenvalue weighted by molar-refractivity contribution is 5.67. The van der Waals surface area contributed by atoms with Gasteiger partial charge in [0.15, 0.2) is 0 Å². The highest BCUT2D eigenvalue weighted by Gasteiger charge is 2.01. The lowest BCUT2D eigenvalue weighted by molar-refractivity contribution is -0.137. The molecule has 0 aromatic rings. The summed E-state index contributed by atoms with van der Waals surface area (Å²) in [5, 5.41) is 8.16. The Morgan fingerprint density at radius 1 is 2.00 bits per heavy atom. The standard InChI is InChI=1S/C6H9NO2/c1-2-3-5(7)4-6(8)9/h3,5H,1,4,7H2,(H,8,9). The summed E-state index contributed by atoms with van der Waals surface area (Å²) in [5.41, 5.74) is 7.66. The maximum Gasteiger partial charge on any atom is 0.305 e. The monoisotopic (exact) mass is 127 g/mol. The van der Waals surface area contributed by atoms with E-state index in [2.05, 4.69) is 12.3 Å². The highest BCUT2D eigenvalue weighted by atomic mass is 16.4. The normalized spacial score (nSPS) is 11.7. The predicted molar refractivity (Wildman–Crippen MR) is 33.9 cm³/mol. The molecule has 1 unspecified atom stereocenters. The Balaban J connectivity index is 3.62. The summed E-state index contributed by atoms with van der Waals surface area (Å²) in [6.45, 7) is 3.25. The van der Waals surface area contributed by atoms with E-state index in [9.17, 15) is 4.79 Å². The van der Waals surface area contributed by atoms with Crippen molar-refractivity contribution in [3.63, 3.8) is 0 Å². The van der Waals surface area contributed by atoms with Crippen LogP contribution in [0.1, 0.15) is 6.42 Å². The molecule has 0 spiro atoms. The Hall–Kier alpha value is -1.05. The van der Waals surface area contributed by atoms with Crippen molar-refractivity contribution in [3.05, 3.63) is 18.4 Å². The molecule has 3 N–H and O–H groups in total. The first-order valence-electron chi connectivity index (χ1n) is 2.50. The second kappa shape index (κ2) is 3.89. The molecule has 3 heteroatoms. The number of hydrogen-bond acceptors (Lipinski definition) is 2. The Bertz CT molecular complexity index is 147. The van der Waals surface area contributed by atoms with E-state index in [0.717, 1.165) is 0 Å². The first kappa shape index (κ1) is 7.95. The van der Waals surface area contributed by atoms with E-state index in [1.165, 1.54) is 6.08 Å². The van der Waals surface area contributed by atoms with Crippen molar-refractivity contribution >= 4 is 5.97 Å². The van der Waals surface area contributed by atoms with Gasteiger partial charge < -0.3 is 10.8 Å². The molecular formula is C6H9NO2. The van der Waals surface area contributed by atoms with E-state index in [-0.39, 0.29) is 6.42 Å². The number of hydrogen-bond donors (Lipinski definition) is 2. The first-order chi connectivity index (χ1) is 4.16. The van der Waals surface area contributed by atoms with Gasteiger partial charge in [-0.3, -0.25) is 4.79 Å². The van der Waals surface area contributed by atoms with Gasteiger partial charge in [0.2, 0.25) is 0 Å². The molecule has 0 aliphatic rings. The van der Waals surface area contributed by atoms with Crippen molar-refractivity contribution in [2.75, 3.05) is 0 Å². The zero-order chi connectivity index (χ0) is 7.28. The van der Waals surface area contributed by atoms with Gasteiger partial charge >= 0.3 is 5.97 Å². The molecule has 0 aromatic heterocycles. The minimum absolute atomic E-state index is 0.0669. The van der Waals surface area contributed by atoms with Crippen molar-refractivity contribution in [2.24, 2.45) is 5.73 Å². The third kappa shape index (κ3) is 4.81. The fourth-order valence-corrected chi connectivity index (χ4v) is 0.412. The van der Waals surface area contributed by atoms with Crippen LogP contribution in [0.2, 0.25) is 0 Å². The van der Waals surface area contributed by atoms with Crippen LogP contribution in [0, 0.1) is 0 Å². The average Bonchev–Trinajstić information content (AvgIpc) is 1.63. The zero-order valence-corrected chi connectivity index (χ0v) is 5.00. The molecule has 0 saturated heterocycles. The quantitative estimate of drug-likeness (QED) is 0.529.